The maximum Gasteiger partial charge on any atom is 0.323 e. The van der Waals surface area contributed by atoms with E-state index in [-0.39, 0.29) is 18.4 Å². The Kier molecular flexibility index (Phi) is 4.20. The number of halogens is 1. The van der Waals surface area contributed by atoms with Crippen LogP contribution in [0.4, 0.5) is 16.4 Å². The molecule has 2 N–H and O–H groups in total. The van der Waals surface area contributed by atoms with Crippen molar-refractivity contribution in [3.63, 3.8) is 0 Å². The smallest absolute Gasteiger partial charge is 0.323 e. The maximum atomic E-state index is 11.6. The number of carbonyl (C=O) groups excluding carboxylic acids is 1. The van der Waals surface area contributed by atoms with Gasteiger partial charge in [0.2, 0.25) is 0 Å². The van der Waals surface area contributed by atoms with E-state index in [0.717, 1.165) is 32.0 Å². The van der Waals surface area contributed by atoms with Gasteiger partial charge in [-0.25, -0.2) is 4.79 Å². The van der Waals surface area contributed by atoms with E-state index >= 15 is 0 Å². The standard InChI is InChI=1S/C9H14N6OS.ClH/c16-9-11-3-6-15(9)8-7(12-17-13-8)14-4-1-10-2-5-14;/h10H,1-6H2,(H,11,16);1H. The number of hydrogen-bond acceptors (Lipinski definition) is 6. The van der Waals surface area contributed by atoms with Gasteiger partial charge in [0.1, 0.15) is 0 Å². The second-order valence-corrected chi connectivity index (χ2v) is 4.56. The van der Waals surface area contributed by atoms with Gasteiger partial charge < -0.3 is 15.5 Å². The Balaban J connectivity index is 0.00000120. The number of nitrogens with zero attached hydrogens (tertiary/aromatic N) is 4. The number of anilines is 2. The summed E-state index contributed by atoms with van der Waals surface area (Å²) in [7, 11) is 0. The van der Waals surface area contributed by atoms with Gasteiger partial charge in [0.05, 0.1) is 11.7 Å². The molecular weight excluding hydrogens is 276 g/mol. The number of urea groups is 1. The highest BCUT2D eigenvalue weighted by Gasteiger charge is 2.29. The Morgan fingerprint density at radius 1 is 1.06 bits per heavy atom. The number of rotatable bonds is 2. The molecule has 3 rings (SSSR count). The molecule has 0 bridgehead atoms. The quantitative estimate of drug-likeness (QED) is 0.796. The lowest BCUT2D eigenvalue weighted by Crippen LogP contribution is -2.44. The van der Waals surface area contributed by atoms with Crippen LogP contribution in [0.15, 0.2) is 0 Å². The number of hydrogen-bond donors (Lipinski definition) is 2. The fourth-order valence-corrected chi connectivity index (χ4v) is 2.67. The Morgan fingerprint density at radius 2 is 1.78 bits per heavy atom. The lowest BCUT2D eigenvalue weighted by molar-refractivity contribution is 0.252. The molecule has 9 heteroatoms. The number of carbonyl (C=O) groups is 1. The number of aromatic nitrogens is 2. The maximum absolute atomic E-state index is 11.6. The fraction of sp³-hybridized carbons (Fsp3) is 0.667. The zero-order valence-electron chi connectivity index (χ0n) is 9.76. The molecule has 2 saturated heterocycles. The summed E-state index contributed by atoms with van der Waals surface area (Å²) in [6, 6.07) is -0.0749. The minimum absolute atomic E-state index is 0. The van der Waals surface area contributed by atoms with Gasteiger partial charge in [-0.05, 0) is 0 Å². The van der Waals surface area contributed by atoms with Crippen molar-refractivity contribution in [3.8, 4) is 0 Å². The molecule has 100 valence electrons. The monoisotopic (exact) mass is 290 g/mol. The Labute approximate surface area is 115 Å². The van der Waals surface area contributed by atoms with Crippen molar-refractivity contribution in [2.45, 2.75) is 0 Å². The molecule has 1 aromatic rings. The lowest BCUT2D eigenvalue weighted by Gasteiger charge is -2.28. The third-order valence-corrected chi connectivity index (χ3v) is 3.49. The first kappa shape index (κ1) is 13.3. The molecule has 0 aromatic carbocycles. The largest absolute Gasteiger partial charge is 0.350 e. The van der Waals surface area contributed by atoms with E-state index in [9.17, 15) is 4.79 Å². The van der Waals surface area contributed by atoms with Crippen molar-refractivity contribution in [3.05, 3.63) is 0 Å². The molecule has 2 aliphatic heterocycles. The first-order chi connectivity index (χ1) is 8.36. The van der Waals surface area contributed by atoms with Crippen molar-refractivity contribution in [1.29, 1.82) is 0 Å². The molecule has 3 heterocycles. The number of piperazine rings is 1. The van der Waals surface area contributed by atoms with E-state index in [1.807, 2.05) is 0 Å². The van der Waals surface area contributed by atoms with E-state index in [2.05, 4.69) is 24.3 Å². The van der Waals surface area contributed by atoms with Gasteiger partial charge in [-0.2, -0.15) is 8.75 Å². The summed E-state index contributed by atoms with van der Waals surface area (Å²) in [6.07, 6.45) is 0. The van der Waals surface area contributed by atoms with Crippen molar-refractivity contribution in [2.24, 2.45) is 0 Å². The Hall–Kier alpha value is -1.12. The molecule has 0 unspecified atom stereocenters. The minimum Gasteiger partial charge on any atom is -0.350 e. The van der Waals surface area contributed by atoms with Crippen LogP contribution in [0.25, 0.3) is 0 Å². The zero-order chi connectivity index (χ0) is 11.7. The predicted octanol–water partition coefficient (Wildman–Crippen LogP) is -0.101. The normalized spacial score (nSPS) is 19.7. The van der Waals surface area contributed by atoms with Crippen LogP contribution in [0, 0.1) is 0 Å². The SMILES string of the molecule is Cl.O=C1NCCN1c1nsnc1N1CCNCC1. The molecule has 2 aliphatic rings. The van der Waals surface area contributed by atoms with Gasteiger partial charge in [0.15, 0.2) is 11.6 Å². The molecule has 2 amide bonds. The Morgan fingerprint density at radius 3 is 2.44 bits per heavy atom. The second kappa shape index (κ2) is 5.68. The molecule has 0 spiro atoms. The van der Waals surface area contributed by atoms with Gasteiger partial charge in [-0.3, -0.25) is 4.90 Å². The van der Waals surface area contributed by atoms with E-state index in [1.165, 1.54) is 11.7 Å². The summed E-state index contributed by atoms with van der Waals surface area (Å²) >= 11 is 1.17. The average molecular weight is 291 g/mol. The van der Waals surface area contributed by atoms with E-state index in [0.29, 0.717) is 18.9 Å². The van der Waals surface area contributed by atoms with Crippen LogP contribution in [0.3, 0.4) is 0 Å². The summed E-state index contributed by atoms with van der Waals surface area (Å²) in [5.41, 5.74) is 0. The van der Waals surface area contributed by atoms with Crippen molar-refractivity contribution < 1.29 is 4.79 Å². The van der Waals surface area contributed by atoms with Crippen molar-refractivity contribution in [2.75, 3.05) is 49.1 Å². The highest BCUT2D eigenvalue weighted by Crippen LogP contribution is 2.28. The Bertz CT molecular complexity index is 421. The summed E-state index contributed by atoms with van der Waals surface area (Å²) in [4.78, 5) is 15.5. The van der Waals surface area contributed by atoms with Gasteiger partial charge >= 0.3 is 6.03 Å². The molecule has 2 fully saturated rings. The van der Waals surface area contributed by atoms with Crippen LogP contribution in [-0.2, 0) is 0 Å². The second-order valence-electron chi connectivity index (χ2n) is 4.03. The topological polar surface area (TPSA) is 73.4 Å². The van der Waals surface area contributed by atoms with Gasteiger partial charge in [-0.1, -0.05) is 0 Å². The fourth-order valence-electron chi connectivity index (χ4n) is 2.10. The van der Waals surface area contributed by atoms with Gasteiger partial charge in [0.25, 0.3) is 0 Å². The van der Waals surface area contributed by atoms with E-state index < -0.39 is 0 Å². The van der Waals surface area contributed by atoms with Crippen LogP contribution in [0.1, 0.15) is 0 Å². The summed E-state index contributed by atoms with van der Waals surface area (Å²) < 4.78 is 8.58. The van der Waals surface area contributed by atoms with Crippen LogP contribution in [0.5, 0.6) is 0 Å². The molecule has 0 atom stereocenters. The van der Waals surface area contributed by atoms with Crippen LogP contribution < -0.4 is 20.4 Å². The third kappa shape index (κ3) is 2.36. The van der Waals surface area contributed by atoms with Gasteiger partial charge in [-0.15, -0.1) is 12.4 Å². The molecule has 0 saturated carbocycles. The molecule has 0 radical (unpaired) electrons. The number of amides is 2. The van der Waals surface area contributed by atoms with Crippen molar-refractivity contribution >= 4 is 41.8 Å². The summed E-state index contributed by atoms with van der Waals surface area (Å²) in [5, 5.41) is 6.08. The van der Waals surface area contributed by atoms with Crippen LogP contribution >= 0.6 is 24.1 Å². The molecule has 7 nitrogen and oxygen atoms in total. The molecule has 18 heavy (non-hydrogen) atoms. The zero-order valence-corrected chi connectivity index (χ0v) is 11.4. The van der Waals surface area contributed by atoms with Crippen molar-refractivity contribution in [1.82, 2.24) is 19.4 Å². The molecule has 0 aliphatic carbocycles. The summed E-state index contributed by atoms with van der Waals surface area (Å²) in [5.74, 6) is 1.54. The van der Waals surface area contributed by atoms with E-state index in [4.69, 9.17) is 0 Å². The molecule has 1 aromatic heterocycles. The van der Waals surface area contributed by atoms with E-state index in [1.54, 1.807) is 4.90 Å². The first-order valence-corrected chi connectivity index (χ1v) is 6.43. The first-order valence-electron chi connectivity index (χ1n) is 5.70. The predicted molar refractivity (Wildman–Crippen MR) is 73.0 cm³/mol. The highest BCUT2D eigenvalue weighted by molar-refractivity contribution is 6.99. The third-order valence-electron chi connectivity index (χ3n) is 2.98. The minimum atomic E-state index is -0.0749. The lowest BCUT2D eigenvalue weighted by atomic mass is 10.3. The number of nitrogens with one attached hydrogen (secondary N) is 2. The van der Waals surface area contributed by atoms with Crippen LogP contribution in [-0.4, -0.2) is 54.0 Å². The molecular formula is C9H15ClN6OS. The van der Waals surface area contributed by atoms with Gasteiger partial charge in [0, 0.05) is 39.3 Å². The average Bonchev–Trinajstić information content (AvgIpc) is 2.98. The van der Waals surface area contributed by atoms with Crippen LogP contribution in [0.2, 0.25) is 0 Å². The summed E-state index contributed by atoms with van der Waals surface area (Å²) in [6.45, 7) is 5.06. The highest BCUT2D eigenvalue weighted by atomic mass is 35.5.